The van der Waals surface area contributed by atoms with Crippen LogP contribution in [0.5, 0.6) is 0 Å². The molecule has 0 aromatic carbocycles. The van der Waals surface area contributed by atoms with Gasteiger partial charge in [0, 0.05) is 24.6 Å². The molecule has 2 N–H and O–H groups in total. The summed E-state index contributed by atoms with van der Waals surface area (Å²) in [6, 6.07) is 4.13. The topological polar surface area (TPSA) is 43.7 Å². The van der Waals surface area contributed by atoms with Gasteiger partial charge in [-0.1, -0.05) is 11.8 Å². The van der Waals surface area contributed by atoms with E-state index < -0.39 is 0 Å². The molecular weight excluding hydrogens is 246 g/mol. The molecule has 1 saturated heterocycles. The number of hydrogen-bond acceptors (Lipinski definition) is 4. The smallest absolute Gasteiger partial charge is 0.104 e. The molecule has 1 aliphatic heterocycles. The monoisotopic (exact) mass is 265 g/mol. The molecule has 98 valence electrons. The first-order chi connectivity index (χ1) is 8.81. The molecule has 1 atom stereocenters. The van der Waals surface area contributed by atoms with Crippen molar-refractivity contribution in [2.24, 2.45) is 5.92 Å². The maximum absolute atomic E-state index is 8.94. The van der Waals surface area contributed by atoms with Crippen LogP contribution in [0.4, 0.5) is 0 Å². The van der Waals surface area contributed by atoms with Crippen molar-refractivity contribution in [3.05, 3.63) is 21.9 Å². The van der Waals surface area contributed by atoms with Crippen LogP contribution in [0.15, 0.2) is 12.1 Å². The van der Waals surface area contributed by atoms with E-state index in [0.717, 1.165) is 30.9 Å². The highest BCUT2D eigenvalue weighted by Gasteiger charge is 2.22. The molecule has 4 heteroatoms. The lowest BCUT2D eigenvalue weighted by Gasteiger charge is -2.14. The van der Waals surface area contributed by atoms with Crippen molar-refractivity contribution in [3.63, 3.8) is 0 Å². The van der Waals surface area contributed by atoms with Crippen LogP contribution in [0, 0.1) is 17.8 Å². The van der Waals surface area contributed by atoms with Gasteiger partial charge in [0.05, 0.1) is 4.88 Å². The van der Waals surface area contributed by atoms with E-state index in [2.05, 4.69) is 22.8 Å². The Morgan fingerprint density at radius 2 is 2.28 bits per heavy atom. The van der Waals surface area contributed by atoms with Crippen LogP contribution in [0.25, 0.3) is 0 Å². The molecule has 0 bridgehead atoms. The summed E-state index contributed by atoms with van der Waals surface area (Å²) in [4.78, 5) is 4.78. The lowest BCUT2D eigenvalue weighted by molar-refractivity contribution is 0.250. The Hall–Kier alpha value is -0.860. The van der Waals surface area contributed by atoms with Crippen molar-refractivity contribution >= 4 is 11.3 Å². The van der Waals surface area contributed by atoms with E-state index in [1.807, 2.05) is 6.07 Å². The zero-order valence-corrected chi connectivity index (χ0v) is 11.2. The van der Waals surface area contributed by atoms with Crippen molar-refractivity contribution in [1.82, 2.24) is 4.90 Å². The highest BCUT2D eigenvalue weighted by molar-refractivity contribution is 7.12. The average Bonchev–Trinajstić information content (AvgIpc) is 2.98. The van der Waals surface area contributed by atoms with Gasteiger partial charge in [0.25, 0.3) is 0 Å². The first kappa shape index (κ1) is 13.6. The lowest BCUT2D eigenvalue weighted by atomic mass is 10.1. The highest BCUT2D eigenvalue weighted by Crippen LogP contribution is 2.23. The summed E-state index contributed by atoms with van der Waals surface area (Å²) in [5.74, 6) is 6.26. The Morgan fingerprint density at radius 1 is 1.39 bits per heavy atom. The fourth-order valence-electron chi connectivity index (χ4n) is 2.35. The summed E-state index contributed by atoms with van der Waals surface area (Å²) in [6.45, 7) is 3.42. The number of aliphatic hydroxyl groups is 2. The van der Waals surface area contributed by atoms with Gasteiger partial charge in [0.1, 0.15) is 6.61 Å². The molecule has 0 spiro atoms. The third kappa shape index (κ3) is 3.82. The van der Waals surface area contributed by atoms with E-state index in [4.69, 9.17) is 10.2 Å². The molecule has 0 saturated carbocycles. The Labute approximate surface area is 112 Å². The molecule has 0 aliphatic carbocycles. The highest BCUT2D eigenvalue weighted by atomic mass is 32.1. The molecule has 1 aromatic rings. The molecule has 0 amide bonds. The van der Waals surface area contributed by atoms with Crippen molar-refractivity contribution in [2.75, 3.05) is 26.3 Å². The number of hydrogen-bond donors (Lipinski definition) is 2. The van der Waals surface area contributed by atoms with E-state index in [1.165, 1.54) is 11.3 Å². The summed E-state index contributed by atoms with van der Waals surface area (Å²) < 4.78 is 0. The molecule has 3 nitrogen and oxygen atoms in total. The molecule has 1 aliphatic rings. The predicted molar refractivity (Wildman–Crippen MR) is 73.4 cm³/mol. The summed E-state index contributed by atoms with van der Waals surface area (Å²) in [6.07, 6.45) is 2.12. The van der Waals surface area contributed by atoms with E-state index in [-0.39, 0.29) is 6.61 Å². The van der Waals surface area contributed by atoms with Crippen LogP contribution in [0.3, 0.4) is 0 Å². The number of nitrogens with zero attached hydrogens (tertiary/aromatic N) is 1. The number of aliphatic hydroxyl groups excluding tert-OH is 2. The van der Waals surface area contributed by atoms with Gasteiger partial charge in [0.15, 0.2) is 0 Å². The van der Waals surface area contributed by atoms with E-state index in [0.29, 0.717) is 12.5 Å². The van der Waals surface area contributed by atoms with Gasteiger partial charge >= 0.3 is 0 Å². The Bertz CT molecular complexity index is 432. The molecule has 2 rings (SSSR count). The van der Waals surface area contributed by atoms with Crippen molar-refractivity contribution in [2.45, 2.75) is 19.4 Å². The van der Waals surface area contributed by atoms with Crippen LogP contribution >= 0.6 is 11.3 Å². The zero-order chi connectivity index (χ0) is 12.8. The lowest BCUT2D eigenvalue weighted by Crippen LogP contribution is -2.19. The number of likely N-dealkylation sites (tertiary alicyclic amines) is 1. The molecule has 1 fully saturated rings. The Kier molecular flexibility index (Phi) is 5.21. The van der Waals surface area contributed by atoms with Crippen molar-refractivity contribution < 1.29 is 10.2 Å². The van der Waals surface area contributed by atoms with Crippen LogP contribution < -0.4 is 0 Å². The second-order valence-electron chi connectivity index (χ2n) is 4.63. The van der Waals surface area contributed by atoms with Gasteiger partial charge in [-0.05, 0) is 37.4 Å². The minimum Gasteiger partial charge on any atom is -0.396 e. The summed E-state index contributed by atoms with van der Waals surface area (Å²) in [5.41, 5.74) is 0. The molecule has 1 aromatic heterocycles. The second kappa shape index (κ2) is 6.91. The largest absolute Gasteiger partial charge is 0.396 e. The predicted octanol–water partition coefficient (Wildman–Crippen LogP) is 1.30. The molecule has 0 radical (unpaired) electrons. The van der Waals surface area contributed by atoms with E-state index in [1.54, 1.807) is 11.3 Å². The fraction of sp³-hybridized carbons (Fsp3) is 0.571. The third-order valence-electron chi connectivity index (χ3n) is 3.24. The van der Waals surface area contributed by atoms with E-state index in [9.17, 15) is 0 Å². The number of thiophene rings is 1. The quantitative estimate of drug-likeness (QED) is 0.807. The maximum Gasteiger partial charge on any atom is 0.104 e. The minimum absolute atomic E-state index is 0.0812. The van der Waals surface area contributed by atoms with Gasteiger partial charge in [-0.25, -0.2) is 0 Å². The van der Waals surface area contributed by atoms with Crippen molar-refractivity contribution in [1.29, 1.82) is 0 Å². The number of rotatable bonds is 4. The van der Waals surface area contributed by atoms with Gasteiger partial charge < -0.3 is 10.2 Å². The fourth-order valence-corrected chi connectivity index (χ4v) is 3.28. The van der Waals surface area contributed by atoms with Gasteiger partial charge in [-0.2, -0.15) is 0 Å². The van der Waals surface area contributed by atoms with Crippen LogP contribution in [-0.2, 0) is 6.54 Å². The first-order valence-electron chi connectivity index (χ1n) is 6.33. The second-order valence-corrected chi connectivity index (χ2v) is 5.80. The summed E-state index contributed by atoms with van der Waals surface area (Å²) in [7, 11) is 0. The Balaban J connectivity index is 1.85. The minimum atomic E-state index is -0.0812. The molecule has 18 heavy (non-hydrogen) atoms. The first-order valence-corrected chi connectivity index (χ1v) is 7.15. The zero-order valence-electron chi connectivity index (χ0n) is 10.4. The normalized spacial score (nSPS) is 19.8. The van der Waals surface area contributed by atoms with Gasteiger partial charge in [-0.3, -0.25) is 4.90 Å². The van der Waals surface area contributed by atoms with E-state index >= 15 is 0 Å². The van der Waals surface area contributed by atoms with Gasteiger partial charge in [0.2, 0.25) is 0 Å². The average molecular weight is 265 g/mol. The Morgan fingerprint density at radius 3 is 3.06 bits per heavy atom. The third-order valence-corrected chi connectivity index (χ3v) is 4.22. The van der Waals surface area contributed by atoms with Crippen molar-refractivity contribution in [3.8, 4) is 11.8 Å². The maximum atomic E-state index is 8.94. The standard InChI is InChI=1S/C14H19NO2S/c16-8-1-2-13-3-4-14(18-13)11-15-7-5-12(10-15)6-9-17/h3-4,12,16-17H,5-11H2. The van der Waals surface area contributed by atoms with Crippen LogP contribution in [0.2, 0.25) is 0 Å². The molecule has 1 unspecified atom stereocenters. The van der Waals surface area contributed by atoms with Crippen LogP contribution in [-0.4, -0.2) is 41.4 Å². The van der Waals surface area contributed by atoms with Crippen LogP contribution in [0.1, 0.15) is 22.6 Å². The summed E-state index contributed by atoms with van der Waals surface area (Å²) >= 11 is 1.70. The SMILES string of the molecule is OCC#Cc1ccc(CN2CCC(CCO)C2)s1. The molecular formula is C14H19NO2S. The summed E-state index contributed by atoms with van der Waals surface area (Å²) in [5, 5.41) is 17.6. The van der Waals surface area contributed by atoms with Gasteiger partial charge in [-0.15, -0.1) is 11.3 Å². The molecule has 2 heterocycles.